The molecule has 0 fully saturated rings. The predicted molar refractivity (Wildman–Crippen MR) is 98.3 cm³/mol. The Morgan fingerprint density at radius 2 is 1.88 bits per heavy atom. The van der Waals surface area contributed by atoms with Crippen molar-refractivity contribution in [3.05, 3.63) is 35.9 Å². The molecule has 0 aromatic heterocycles. The van der Waals surface area contributed by atoms with E-state index in [1.54, 1.807) is 19.0 Å². The van der Waals surface area contributed by atoms with E-state index in [4.69, 9.17) is 4.74 Å². The number of rotatable bonds is 10. The summed E-state index contributed by atoms with van der Waals surface area (Å²) in [6, 6.07) is 10.3. The summed E-state index contributed by atoms with van der Waals surface area (Å²) in [5.74, 6) is 0.645. The van der Waals surface area contributed by atoms with E-state index < -0.39 is 0 Å². The van der Waals surface area contributed by atoms with Gasteiger partial charge in [0.15, 0.2) is 5.96 Å². The van der Waals surface area contributed by atoms with Gasteiger partial charge in [-0.25, -0.2) is 4.99 Å². The number of likely N-dealkylation sites (N-methyl/N-ethyl adjacent to an activating group) is 1. The number of carbonyl (C=O) groups is 1. The van der Waals surface area contributed by atoms with Gasteiger partial charge in [0.2, 0.25) is 5.91 Å². The van der Waals surface area contributed by atoms with E-state index in [2.05, 4.69) is 27.8 Å². The topological polar surface area (TPSA) is 66.0 Å². The average Bonchev–Trinajstić information content (AvgIpc) is 2.59. The third kappa shape index (κ3) is 9.15. The van der Waals surface area contributed by atoms with E-state index in [-0.39, 0.29) is 12.5 Å². The minimum atomic E-state index is -0.0199. The van der Waals surface area contributed by atoms with Crippen LogP contribution in [0.2, 0.25) is 0 Å². The number of aliphatic imine (C=N–C) groups is 1. The first-order chi connectivity index (χ1) is 11.6. The number of nitrogens with one attached hydrogen (secondary N) is 2. The molecular weight excluding hydrogens is 304 g/mol. The standard InChI is InChI=1S/C18H30N4O2/c1-4-24-14-8-12-19-18(21-15-17(23)22(2)3)20-13-11-16-9-6-5-7-10-16/h5-7,9-10H,4,8,11-15H2,1-3H3,(H2,19,20,21). The van der Waals surface area contributed by atoms with Crippen LogP contribution in [0.25, 0.3) is 0 Å². The molecule has 0 aliphatic rings. The normalized spacial score (nSPS) is 11.2. The van der Waals surface area contributed by atoms with Crippen molar-refractivity contribution in [3.8, 4) is 0 Å². The van der Waals surface area contributed by atoms with Crippen LogP contribution in [-0.4, -0.2) is 63.7 Å². The molecule has 24 heavy (non-hydrogen) atoms. The minimum Gasteiger partial charge on any atom is -0.382 e. The minimum absolute atomic E-state index is 0.0199. The summed E-state index contributed by atoms with van der Waals surface area (Å²) in [5, 5.41) is 6.53. The highest BCUT2D eigenvalue weighted by Crippen LogP contribution is 1.98. The SMILES string of the molecule is CCOCCCNC(=NCC(=O)N(C)C)NCCc1ccccc1. The van der Waals surface area contributed by atoms with Gasteiger partial charge in [-0.2, -0.15) is 0 Å². The Morgan fingerprint density at radius 3 is 2.54 bits per heavy atom. The lowest BCUT2D eigenvalue weighted by Crippen LogP contribution is -2.40. The van der Waals surface area contributed by atoms with Gasteiger partial charge in [0.1, 0.15) is 6.54 Å². The number of amides is 1. The fourth-order valence-electron chi connectivity index (χ4n) is 1.96. The van der Waals surface area contributed by atoms with Crippen molar-refractivity contribution in [1.29, 1.82) is 0 Å². The molecule has 0 saturated carbocycles. The van der Waals surface area contributed by atoms with Crippen molar-refractivity contribution in [2.75, 3.05) is 46.9 Å². The highest BCUT2D eigenvalue weighted by molar-refractivity contribution is 5.84. The van der Waals surface area contributed by atoms with Gasteiger partial charge in [-0.1, -0.05) is 30.3 Å². The first kappa shape index (κ1) is 20.0. The Hall–Kier alpha value is -2.08. The van der Waals surface area contributed by atoms with Crippen LogP contribution in [0, 0.1) is 0 Å². The lowest BCUT2D eigenvalue weighted by Gasteiger charge is -2.14. The van der Waals surface area contributed by atoms with Gasteiger partial charge in [0, 0.05) is 40.4 Å². The van der Waals surface area contributed by atoms with Gasteiger partial charge in [-0.05, 0) is 25.3 Å². The molecule has 0 bridgehead atoms. The van der Waals surface area contributed by atoms with E-state index in [0.29, 0.717) is 5.96 Å². The Balaban J connectivity index is 2.43. The van der Waals surface area contributed by atoms with Crippen LogP contribution < -0.4 is 10.6 Å². The maximum Gasteiger partial charge on any atom is 0.243 e. The van der Waals surface area contributed by atoms with E-state index in [1.165, 1.54) is 5.56 Å². The lowest BCUT2D eigenvalue weighted by atomic mass is 10.1. The molecule has 134 valence electrons. The van der Waals surface area contributed by atoms with Gasteiger partial charge >= 0.3 is 0 Å². The monoisotopic (exact) mass is 334 g/mol. The quantitative estimate of drug-likeness (QED) is 0.384. The maximum atomic E-state index is 11.7. The van der Waals surface area contributed by atoms with Gasteiger partial charge in [-0.3, -0.25) is 4.79 Å². The molecule has 6 nitrogen and oxygen atoms in total. The van der Waals surface area contributed by atoms with E-state index in [9.17, 15) is 4.79 Å². The largest absolute Gasteiger partial charge is 0.382 e. The Bertz CT molecular complexity index is 489. The van der Waals surface area contributed by atoms with Gasteiger partial charge in [0.25, 0.3) is 0 Å². The molecule has 0 spiro atoms. The summed E-state index contributed by atoms with van der Waals surface area (Å²) in [7, 11) is 3.46. The van der Waals surface area contributed by atoms with Crippen molar-refractivity contribution in [3.63, 3.8) is 0 Å². The van der Waals surface area contributed by atoms with Crippen molar-refractivity contribution >= 4 is 11.9 Å². The summed E-state index contributed by atoms with van der Waals surface area (Å²) in [5.41, 5.74) is 1.27. The van der Waals surface area contributed by atoms with Crippen LogP contribution in [0.1, 0.15) is 18.9 Å². The molecule has 0 saturated heterocycles. The van der Waals surface area contributed by atoms with Gasteiger partial charge in [0.05, 0.1) is 0 Å². The van der Waals surface area contributed by atoms with Crippen LogP contribution in [0.15, 0.2) is 35.3 Å². The second kappa shape index (κ2) is 12.4. The molecule has 1 aromatic carbocycles. The molecule has 0 unspecified atom stereocenters. The summed E-state index contributed by atoms with van der Waals surface area (Å²) >= 11 is 0. The van der Waals surface area contributed by atoms with Crippen molar-refractivity contribution < 1.29 is 9.53 Å². The molecule has 1 rings (SSSR count). The third-order valence-corrected chi connectivity index (χ3v) is 3.38. The number of guanidine groups is 1. The zero-order valence-electron chi connectivity index (χ0n) is 15.0. The van der Waals surface area contributed by atoms with Gasteiger partial charge in [-0.15, -0.1) is 0 Å². The molecule has 1 amide bonds. The smallest absolute Gasteiger partial charge is 0.243 e. The average molecular weight is 334 g/mol. The Labute approximate surface area is 145 Å². The predicted octanol–water partition coefficient (Wildman–Crippen LogP) is 1.28. The molecule has 0 aliphatic carbocycles. The Morgan fingerprint density at radius 1 is 1.17 bits per heavy atom. The van der Waals surface area contributed by atoms with Crippen LogP contribution in [0.4, 0.5) is 0 Å². The van der Waals surface area contributed by atoms with E-state index in [1.807, 2.05) is 25.1 Å². The maximum absolute atomic E-state index is 11.7. The number of hydrogen-bond donors (Lipinski definition) is 2. The van der Waals surface area contributed by atoms with E-state index in [0.717, 1.165) is 39.1 Å². The highest BCUT2D eigenvalue weighted by Gasteiger charge is 2.04. The first-order valence-corrected chi connectivity index (χ1v) is 8.47. The van der Waals surface area contributed by atoms with Crippen LogP contribution in [-0.2, 0) is 16.0 Å². The summed E-state index contributed by atoms with van der Waals surface area (Å²) in [6.45, 7) is 5.09. The number of benzene rings is 1. The molecule has 0 atom stereocenters. The zero-order chi connectivity index (χ0) is 17.6. The Kier molecular flexibility index (Phi) is 10.3. The lowest BCUT2D eigenvalue weighted by molar-refractivity contribution is -0.127. The summed E-state index contributed by atoms with van der Waals surface area (Å²) < 4.78 is 5.32. The first-order valence-electron chi connectivity index (χ1n) is 8.47. The van der Waals surface area contributed by atoms with Gasteiger partial charge < -0.3 is 20.3 Å². The fourth-order valence-corrected chi connectivity index (χ4v) is 1.96. The van der Waals surface area contributed by atoms with Crippen LogP contribution >= 0.6 is 0 Å². The second-order valence-electron chi connectivity index (χ2n) is 5.59. The number of nitrogens with zero attached hydrogens (tertiary/aromatic N) is 2. The van der Waals surface area contributed by atoms with Crippen molar-refractivity contribution in [1.82, 2.24) is 15.5 Å². The molecule has 2 N–H and O–H groups in total. The molecular formula is C18H30N4O2. The number of hydrogen-bond acceptors (Lipinski definition) is 3. The van der Waals surface area contributed by atoms with Crippen molar-refractivity contribution in [2.45, 2.75) is 19.8 Å². The van der Waals surface area contributed by atoms with Crippen molar-refractivity contribution in [2.24, 2.45) is 4.99 Å². The second-order valence-corrected chi connectivity index (χ2v) is 5.59. The highest BCUT2D eigenvalue weighted by atomic mass is 16.5. The molecule has 0 aliphatic heterocycles. The molecule has 0 radical (unpaired) electrons. The molecule has 6 heteroatoms. The molecule has 1 aromatic rings. The summed E-state index contributed by atoms with van der Waals surface area (Å²) in [4.78, 5) is 17.6. The van der Waals surface area contributed by atoms with E-state index >= 15 is 0 Å². The third-order valence-electron chi connectivity index (χ3n) is 3.38. The zero-order valence-corrected chi connectivity index (χ0v) is 15.0. The fraction of sp³-hybridized carbons (Fsp3) is 0.556. The van der Waals surface area contributed by atoms with Crippen LogP contribution in [0.3, 0.4) is 0 Å². The summed E-state index contributed by atoms with van der Waals surface area (Å²) in [6.07, 6.45) is 1.80. The number of ether oxygens (including phenoxy) is 1. The molecule has 0 heterocycles. The van der Waals surface area contributed by atoms with Crippen LogP contribution in [0.5, 0.6) is 0 Å². The number of carbonyl (C=O) groups excluding carboxylic acids is 1.